The van der Waals surface area contributed by atoms with Crippen molar-refractivity contribution < 1.29 is 4.74 Å². The number of ether oxygens (including phenoxy) is 1. The van der Waals surface area contributed by atoms with E-state index in [0.29, 0.717) is 6.04 Å². The first-order chi connectivity index (χ1) is 7.83. The summed E-state index contributed by atoms with van der Waals surface area (Å²) in [5.41, 5.74) is 1.32. The van der Waals surface area contributed by atoms with Gasteiger partial charge in [0.1, 0.15) is 5.75 Å². The molecule has 3 heteroatoms. The second-order valence-electron chi connectivity index (χ2n) is 4.67. The summed E-state index contributed by atoms with van der Waals surface area (Å²) >= 11 is 3.54. The third kappa shape index (κ3) is 2.25. The van der Waals surface area contributed by atoms with Crippen LogP contribution in [0.25, 0.3) is 0 Å². The quantitative estimate of drug-likeness (QED) is 0.897. The number of benzene rings is 1. The van der Waals surface area contributed by atoms with E-state index in [9.17, 15) is 0 Å². The lowest BCUT2D eigenvalue weighted by molar-refractivity contribution is 0.315. The summed E-state index contributed by atoms with van der Waals surface area (Å²) in [4.78, 5) is 0. The third-order valence-electron chi connectivity index (χ3n) is 3.26. The first-order valence-electron chi connectivity index (χ1n) is 6.01. The lowest BCUT2D eigenvalue weighted by Crippen LogP contribution is -2.23. The molecule has 0 saturated heterocycles. The van der Waals surface area contributed by atoms with Gasteiger partial charge in [0.05, 0.1) is 6.61 Å². The van der Waals surface area contributed by atoms with Crippen molar-refractivity contribution in [3.05, 3.63) is 28.2 Å². The van der Waals surface area contributed by atoms with Crippen molar-refractivity contribution in [3.8, 4) is 5.75 Å². The number of rotatable bonds is 2. The van der Waals surface area contributed by atoms with E-state index in [1.54, 1.807) is 0 Å². The Morgan fingerprint density at radius 1 is 1.25 bits per heavy atom. The summed E-state index contributed by atoms with van der Waals surface area (Å²) in [7, 11) is 0. The van der Waals surface area contributed by atoms with Crippen molar-refractivity contribution in [2.24, 2.45) is 0 Å². The molecule has 2 nitrogen and oxygen atoms in total. The molecule has 0 amide bonds. The predicted octanol–water partition coefficient (Wildman–Crippen LogP) is 3.41. The van der Waals surface area contributed by atoms with Gasteiger partial charge in [0.25, 0.3) is 0 Å². The summed E-state index contributed by atoms with van der Waals surface area (Å²) in [5, 5.41) is 3.72. The van der Waals surface area contributed by atoms with Crippen LogP contribution in [0.1, 0.15) is 37.3 Å². The number of nitrogens with one attached hydrogen (secondary N) is 1. The molecule has 0 bridgehead atoms. The molecule has 1 heterocycles. The first-order valence-corrected chi connectivity index (χ1v) is 6.80. The van der Waals surface area contributed by atoms with Crippen molar-refractivity contribution in [1.29, 1.82) is 0 Å². The number of hydrogen-bond donors (Lipinski definition) is 1. The summed E-state index contributed by atoms with van der Waals surface area (Å²) in [6.45, 7) is 0.845. The van der Waals surface area contributed by atoms with Gasteiger partial charge in [0.15, 0.2) is 0 Å². The Morgan fingerprint density at radius 2 is 2.12 bits per heavy atom. The predicted molar refractivity (Wildman–Crippen MR) is 67.8 cm³/mol. The molecule has 3 rings (SSSR count). The van der Waals surface area contributed by atoms with Crippen molar-refractivity contribution in [3.63, 3.8) is 0 Å². The van der Waals surface area contributed by atoms with Gasteiger partial charge in [-0.25, -0.2) is 0 Å². The molecule has 2 aliphatic rings. The van der Waals surface area contributed by atoms with Crippen molar-refractivity contribution in [1.82, 2.24) is 5.32 Å². The van der Waals surface area contributed by atoms with Crippen LogP contribution in [0.5, 0.6) is 5.75 Å². The first kappa shape index (κ1) is 10.6. The Hall–Kier alpha value is -0.540. The van der Waals surface area contributed by atoms with E-state index < -0.39 is 0 Å². The van der Waals surface area contributed by atoms with Crippen LogP contribution in [0.15, 0.2) is 22.7 Å². The summed E-state index contributed by atoms with van der Waals surface area (Å²) in [5.74, 6) is 1.05. The smallest absolute Gasteiger partial charge is 0.124 e. The van der Waals surface area contributed by atoms with Gasteiger partial charge < -0.3 is 10.1 Å². The minimum absolute atomic E-state index is 0.475. The number of halogens is 1. The van der Waals surface area contributed by atoms with Gasteiger partial charge in [0, 0.05) is 22.1 Å². The molecular formula is C13H16BrNO. The topological polar surface area (TPSA) is 21.3 Å². The zero-order valence-electron chi connectivity index (χ0n) is 9.21. The van der Waals surface area contributed by atoms with Gasteiger partial charge in [-0.1, -0.05) is 15.9 Å². The maximum atomic E-state index is 5.77. The fourth-order valence-electron chi connectivity index (χ4n) is 2.26. The number of fused-ring (bicyclic) bond motifs is 1. The van der Waals surface area contributed by atoms with Crippen LogP contribution in [-0.4, -0.2) is 12.6 Å². The van der Waals surface area contributed by atoms with Gasteiger partial charge in [0.2, 0.25) is 0 Å². The highest BCUT2D eigenvalue weighted by atomic mass is 79.9. The molecule has 0 radical (unpaired) electrons. The van der Waals surface area contributed by atoms with Crippen molar-refractivity contribution in [2.45, 2.75) is 37.8 Å². The molecule has 0 aromatic heterocycles. The van der Waals surface area contributed by atoms with Crippen LogP contribution in [0.3, 0.4) is 0 Å². The molecule has 1 aliphatic heterocycles. The van der Waals surface area contributed by atoms with Crippen molar-refractivity contribution in [2.75, 3.05) is 6.61 Å². The standard InChI is InChI=1S/C13H16BrNO/c14-9-3-6-13-11(8-9)12(2-1-7-16-13)15-10-4-5-10/h3,6,8,10,12,15H,1-2,4-5,7H2. The Bertz CT molecular complexity index is 390. The molecule has 16 heavy (non-hydrogen) atoms. The molecular weight excluding hydrogens is 266 g/mol. The number of hydrogen-bond acceptors (Lipinski definition) is 2. The van der Waals surface area contributed by atoms with Gasteiger partial charge in [-0.2, -0.15) is 0 Å². The maximum Gasteiger partial charge on any atom is 0.124 e. The van der Waals surface area contributed by atoms with Gasteiger partial charge >= 0.3 is 0 Å². The average Bonchev–Trinajstić information content (AvgIpc) is 3.08. The van der Waals surface area contributed by atoms with E-state index >= 15 is 0 Å². The molecule has 1 aromatic carbocycles. The minimum Gasteiger partial charge on any atom is -0.493 e. The maximum absolute atomic E-state index is 5.77. The summed E-state index contributed by atoms with van der Waals surface area (Å²) in [6, 6.07) is 7.54. The van der Waals surface area contributed by atoms with E-state index in [1.165, 1.54) is 24.8 Å². The lowest BCUT2D eigenvalue weighted by atomic mass is 10.0. The molecule has 1 saturated carbocycles. The summed E-state index contributed by atoms with van der Waals surface area (Å²) < 4.78 is 6.91. The Labute approximate surface area is 105 Å². The monoisotopic (exact) mass is 281 g/mol. The molecule has 1 atom stereocenters. The molecule has 0 spiro atoms. The van der Waals surface area contributed by atoms with Crippen LogP contribution in [0.2, 0.25) is 0 Å². The fraction of sp³-hybridized carbons (Fsp3) is 0.538. The van der Waals surface area contributed by atoms with E-state index in [4.69, 9.17) is 4.74 Å². The third-order valence-corrected chi connectivity index (χ3v) is 3.75. The molecule has 1 unspecified atom stereocenters. The molecule has 1 N–H and O–H groups in total. The van der Waals surface area contributed by atoms with Gasteiger partial charge in [-0.3, -0.25) is 0 Å². The van der Waals surface area contributed by atoms with Crippen LogP contribution in [-0.2, 0) is 0 Å². The normalized spacial score (nSPS) is 24.4. The Kier molecular flexibility index (Phi) is 2.90. The SMILES string of the molecule is Brc1ccc2c(c1)C(NC1CC1)CCCO2. The van der Waals surface area contributed by atoms with Crippen molar-refractivity contribution >= 4 is 15.9 Å². The lowest BCUT2D eigenvalue weighted by Gasteiger charge is -2.18. The molecule has 1 fully saturated rings. The average molecular weight is 282 g/mol. The van der Waals surface area contributed by atoms with E-state index in [2.05, 4.69) is 39.4 Å². The molecule has 86 valence electrons. The fourth-order valence-corrected chi connectivity index (χ4v) is 2.63. The zero-order chi connectivity index (χ0) is 11.0. The van der Waals surface area contributed by atoms with E-state index in [0.717, 1.165) is 29.3 Å². The Balaban J connectivity index is 1.90. The van der Waals surface area contributed by atoms with E-state index in [1.807, 2.05) is 0 Å². The van der Waals surface area contributed by atoms with Gasteiger partial charge in [-0.05, 0) is 43.9 Å². The minimum atomic E-state index is 0.475. The Morgan fingerprint density at radius 3 is 2.94 bits per heavy atom. The highest BCUT2D eigenvalue weighted by Crippen LogP contribution is 2.35. The highest BCUT2D eigenvalue weighted by Gasteiger charge is 2.27. The zero-order valence-corrected chi connectivity index (χ0v) is 10.8. The molecule has 1 aromatic rings. The van der Waals surface area contributed by atoms with Gasteiger partial charge in [-0.15, -0.1) is 0 Å². The molecule has 1 aliphatic carbocycles. The summed E-state index contributed by atoms with van der Waals surface area (Å²) in [6.07, 6.45) is 4.98. The van der Waals surface area contributed by atoms with E-state index in [-0.39, 0.29) is 0 Å². The largest absolute Gasteiger partial charge is 0.493 e. The van der Waals surface area contributed by atoms with Crippen LogP contribution < -0.4 is 10.1 Å². The van der Waals surface area contributed by atoms with Crippen LogP contribution in [0.4, 0.5) is 0 Å². The second-order valence-corrected chi connectivity index (χ2v) is 5.58. The highest BCUT2D eigenvalue weighted by molar-refractivity contribution is 9.10. The van der Waals surface area contributed by atoms with Crippen LogP contribution >= 0.6 is 15.9 Å². The second kappa shape index (κ2) is 4.38. The van der Waals surface area contributed by atoms with Crippen LogP contribution in [0, 0.1) is 0 Å².